The Hall–Kier alpha value is -0.820. The summed E-state index contributed by atoms with van der Waals surface area (Å²) in [6, 6.07) is 5.96. The first-order valence-corrected chi connectivity index (χ1v) is 9.98. The predicted molar refractivity (Wildman–Crippen MR) is 90.4 cm³/mol. The molecule has 2 aromatic rings. The van der Waals surface area contributed by atoms with Gasteiger partial charge in [0.25, 0.3) is 0 Å². The van der Waals surface area contributed by atoms with Gasteiger partial charge in [-0.2, -0.15) is 0 Å². The minimum absolute atomic E-state index is 0.265. The second kappa shape index (κ2) is 6.00. The van der Waals surface area contributed by atoms with Crippen molar-refractivity contribution in [3.05, 3.63) is 39.5 Å². The third-order valence-corrected chi connectivity index (χ3v) is 7.19. The second-order valence-electron chi connectivity index (χ2n) is 5.70. The van der Waals surface area contributed by atoms with E-state index in [0.29, 0.717) is 23.3 Å². The Balaban J connectivity index is 1.65. The lowest BCUT2D eigenvalue weighted by molar-refractivity contribution is 0.583. The van der Waals surface area contributed by atoms with E-state index < -0.39 is 10.0 Å². The molecule has 0 unspecified atom stereocenters. The number of hydrogen-bond donors (Lipinski definition) is 1. The number of hydrogen-bond acceptors (Lipinski definition) is 3. The Kier molecular flexibility index (Phi) is 4.38. The molecule has 3 rings (SSSR count). The van der Waals surface area contributed by atoms with E-state index in [1.807, 2.05) is 0 Å². The van der Waals surface area contributed by atoms with Crippen LogP contribution in [-0.4, -0.2) is 19.5 Å². The molecule has 0 saturated heterocycles. The van der Waals surface area contributed by atoms with Gasteiger partial charge >= 0.3 is 0 Å². The summed E-state index contributed by atoms with van der Waals surface area (Å²) in [5, 5.41) is 0. The lowest BCUT2D eigenvalue weighted by atomic mass is 10.2. The molecule has 1 saturated carbocycles. The largest absolute Gasteiger partial charge is 0.346 e. The summed E-state index contributed by atoms with van der Waals surface area (Å²) in [7, 11) is -3.45. The smallest absolute Gasteiger partial charge is 0.250 e. The van der Waals surface area contributed by atoms with Crippen molar-refractivity contribution in [2.45, 2.75) is 43.4 Å². The normalized spacial score (nSPS) is 15.4. The van der Waals surface area contributed by atoms with Gasteiger partial charge in [0.15, 0.2) is 0 Å². The Morgan fingerprint density at radius 3 is 2.68 bits per heavy atom. The van der Waals surface area contributed by atoms with E-state index in [1.165, 1.54) is 35.9 Å². The van der Waals surface area contributed by atoms with Crippen LogP contribution in [0.25, 0.3) is 0 Å². The van der Waals surface area contributed by atoms with Crippen LogP contribution < -0.4 is 4.72 Å². The summed E-state index contributed by atoms with van der Waals surface area (Å²) in [5.41, 5.74) is 3.75. The standard InChI is InChI=1S/C15H19ClN2O2S2/c1-10-9-12(11(2)18(10)13-3-4-13)7-8-17-22(19,20)15-6-5-14(16)21-15/h5-6,9,13,17H,3-4,7-8H2,1-2H3. The number of halogens is 1. The molecule has 22 heavy (non-hydrogen) atoms. The first kappa shape index (κ1) is 16.1. The van der Waals surface area contributed by atoms with Crippen LogP contribution in [-0.2, 0) is 16.4 Å². The number of aryl methyl sites for hydroxylation is 1. The van der Waals surface area contributed by atoms with Crippen molar-refractivity contribution in [1.29, 1.82) is 0 Å². The van der Waals surface area contributed by atoms with Crippen LogP contribution in [0.1, 0.15) is 35.8 Å². The molecule has 1 fully saturated rings. The average Bonchev–Trinajstić information content (AvgIpc) is 3.10. The molecule has 0 radical (unpaired) electrons. The van der Waals surface area contributed by atoms with Crippen molar-refractivity contribution < 1.29 is 8.42 Å². The number of rotatable bonds is 6. The maximum atomic E-state index is 12.1. The average molecular weight is 359 g/mol. The summed E-state index contributed by atoms with van der Waals surface area (Å²) in [6.45, 7) is 4.63. The van der Waals surface area contributed by atoms with Crippen LogP contribution in [0.2, 0.25) is 4.34 Å². The topological polar surface area (TPSA) is 51.1 Å². The summed E-state index contributed by atoms with van der Waals surface area (Å²) in [6.07, 6.45) is 3.20. The summed E-state index contributed by atoms with van der Waals surface area (Å²) < 4.78 is 30.1. The molecule has 2 heterocycles. The van der Waals surface area contributed by atoms with Crippen LogP contribution in [0.15, 0.2) is 22.4 Å². The zero-order chi connectivity index (χ0) is 15.9. The highest BCUT2D eigenvalue weighted by molar-refractivity contribution is 7.91. The molecule has 0 spiro atoms. The molecule has 1 aliphatic rings. The molecule has 7 heteroatoms. The number of nitrogens with zero attached hydrogens (tertiary/aromatic N) is 1. The Morgan fingerprint density at radius 1 is 1.36 bits per heavy atom. The lowest BCUT2D eigenvalue weighted by Gasteiger charge is -2.08. The van der Waals surface area contributed by atoms with E-state index in [0.717, 1.165) is 11.3 Å². The highest BCUT2D eigenvalue weighted by atomic mass is 35.5. The highest BCUT2D eigenvalue weighted by Crippen LogP contribution is 2.38. The van der Waals surface area contributed by atoms with Gasteiger partial charge < -0.3 is 4.57 Å². The van der Waals surface area contributed by atoms with Crippen LogP contribution >= 0.6 is 22.9 Å². The molecule has 1 aliphatic carbocycles. The number of aromatic nitrogens is 1. The third-order valence-electron chi connectivity index (χ3n) is 4.00. The second-order valence-corrected chi connectivity index (χ2v) is 9.41. The van der Waals surface area contributed by atoms with Gasteiger partial charge in [-0.05, 0) is 56.9 Å². The van der Waals surface area contributed by atoms with Crippen LogP contribution in [0.3, 0.4) is 0 Å². The Bertz CT molecular complexity index is 789. The maximum absolute atomic E-state index is 12.1. The minimum atomic E-state index is -3.45. The molecule has 0 aromatic carbocycles. The van der Waals surface area contributed by atoms with Gasteiger partial charge in [0.05, 0.1) is 4.34 Å². The molecular formula is C15H19ClN2O2S2. The first-order chi connectivity index (χ1) is 10.4. The maximum Gasteiger partial charge on any atom is 0.250 e. The van der Waals surface area contributed by atoms with Gasteiger partial charge in [-0.3, -0.25) is 0 Å². The van der Waals surface area contributed by atoms with Crippen molar-refractivity contribution in [2.75, 3.05) is 6.54 Å². The zero-order valence-corrected chi connectivity index (χ0v) is 15.0. The summed E-state index contributed by atoms with van der Waals surface area (Å²) >= 11 is 6.87. The van der Waals surface area contributed by atoms with Crippen molar-refractivity contribution in [3.63, 3.8) is 0 Å². The van der Waals surface area contributed by atoms with E-state index in [2.05, 4.69) is 29.2 Å². The molecule has 4 nitrogen and oxygen atoms in total. The van der Waals surface area contributed by atoms with Crippen LogP contribution in [0.4, 0.5) is 0 Å². The van der Waals surface area contributed by atoms with Crippen LogP contribution in [0, 0.1) is 13.8 Å². The number of thiophene rings is 1. The molecule has 0 bridgehead atoms. The predicted octanol–water partition coefficient (Wildman–Crippen LogP) is 3.68. The van der Waals surface area contributed by atoms with Gasteiger partial charge in [0.2, 0.25) is 10.0 Å². The molecule has 2 aromatic heterocycles. The Morgan fingerprint density at radius 2 is 2.09 bits per heavy atom. The summed E-state index contributed by atoms with van der Waals surface area (Å²) in [5.74, 6) is 0. The van der Waals surface area contributed by atoms with Gasteiger partial charge in [0, 0.05) is 24.0 Å². The summed E-state index contributed by atoms with van der Waals surface area (Å²) in [4.78, 5) is 0. The van der Waals surface area contributed by atoms with Crippen molar-refractivity contribution >= 4 is 33.0 Å². The van der Waals surface area contributed by atoms with Gasteiger partial charge in [-0.15, -0.1) is 11.3 Å². The van der Waals surface area contributed by atoms with Crippen LogP contribution in [0.5, 0.6) is 0 Å². The van der Waals surface area contributed by atoms with E-state index >= 15 is 0 Å². The number of sulfonamides is 1. The van der Waals surface area contributed by atoms with Crippen molar-refractivity contribution in [3.8, 4) is 0 Å². The molecule has 0 amide bonds. The highest BCUT2D eigenvalue weighted by Gasteiger charge is 2.26. The fourth-order valence-electron chi connectivity index (χ4n) is 2.83. The van der Waals surface area contributed by atoms with E-state index in [4.69, 9.17) is 11.6 Å². The van der Waals surface area contributed by atoms with Gasteiger partial charge in [0.1, 0.15) is 4.21 Å². The lowest BCUT2D eigenvalue weighted by Crippen LogP contribution is -2.25. The minimum Gasteiger partial charge on any atom is -0.346 e. The van der Waals surface area contributed by atoms with Gasteiger partial charge in [-0.1, -0.05) is 11.6 Å². The van der Waals surface area contributed by atoms with Crippen molar-refractivity contribution in [2.24, 2.45) is 0 Å². The number of nitrogens with one attached hydrogen (secondary N) is 1. The monoisotopic (exact) mass is 358 g/mol. The van der Waals surface area contributed by atoms with E-state index in [-0.39, 0.29) is 4.21 Å². The quantitative estimate of drug-likeness (QED) is 0.856. The fourth-order valence-corrected chi connectivity index (χ4v) is 5.39. The molecule has 120 valence electrons. The third kappa shape index (κ3) is 3.25. The molecule has 0 aliphatic heterocycles. The van der Waals surface area contributed by atoms with Gasteiger partial charge in [-0.25, -0.2) is 13.1 Å². The zero-order valence-electron chi connectivity index (χ0n) is 12.6. The molecular weight excluding hydrogens is 340 g/mol. The molecule has 1 N–H and O–H groups in total. The molecule has 0 atom stereocenters. The van der Waals surface area contributed by atoms with E-state index in [1.54, 1.807) is 6.07 Å². The van der Waals surface area contributed by atoms with Crippen molar-refractivity contribution in [1.82, 2.24) is 9.29 Å². The van der Waals surface area contributed by atoms with E-state index in [9.17, 15) is 8.42 Å². The SMILES string of the molecule is Cc1cc(CCNS(=O)(=O)c2ccc(Cl)s2)c(C)n1C1CC1. The first-order valence-electron chi connectivity index (χ1n) is 7.31. The fraction of sp³-hybridized carbons (Fsp3) is 0.467. The Labute approximate surface area is 140 Å².